The van der Waals surface area contributed by atoms with Gasteiger partial charge in [-0.3, -0.25) is 0 Å². The van der Waals surface area contributed by atoms with Crippen molar-refractivity contribution < 1.29 is 9.53 Å². The van der Waals surface area contributed by atoms with E-state index < -0.39 is 0 Å². The molecule has 35 heavy (non-hydrogen) atoms. The number of anilines is 2. The van der Waals surface area contributed by atoms with Gasteiger partial charge in [-0.15, -0.1) is 0 Å². The van der Waals surface area contributed by atoms with Gasteiger partial charge in [0.25, 0.3) is 0 Å². The Bertz CT molecular complexity index is 1340. The van der Waals surface area contributed by atoms with Crippen LogP contribution in [0.1, 0.15) is 24.6 Å². The summed E-state index contributed by atoms with van der Waals surface area (Å²) in [5.74, 6) is 2.15. The van der Waals surface area contributed by atoms with Gasteiger partial charge < -0.3 is 24.3 Å². The summed E-state index contributed by atoms with van der Waals surface area (Å²) < 4.78 is 7.62. The molecule has 1 fully saturated rings. The van der Waals surface area contributed by atoms with Gasteiger partial charge in [0.1, 0.15) is 11.6 Å². The van der Waals surface area contributed by atoms with E-state index in [9.17, 15) is 4.79 Å². The number of carbonyl (C=O) groups excluding carboxylic acids is 1. The number of urea groups is 1. The highest BCUT2D eigenvalue weighted by Gasteiger charge is 2.28. The smallest absolute Gasteiger partial charge is 0.321 e. The third kappa shape index (κ3) is 4.67. The monoisotopic (exact) mass is 469 g/mol. The summed E-state index contributed by atoms with van der Waals surface area (Å²) in [6.45, 7) is 1.39. The van der Waals surface area contributed by atoms with Crippen LogP contribution in [0, 0.1) is 0 Å². The Morgan fingerprint density at radius 1 is 1.03 bits per heavy atom. The third-order valence-electron chi connectivity index (χ3n) is 6.68. The number of hydrogen-bond donors (Lipinski definition) is 1. The maximum absolute atomic E-state index is 12.9. The van der Waals surface area contributed by atoms with Gasteiger partial charge in [0.2, 0.25) is 0 Å². The molecule has 7 heteroatoms. The number of likely N-dealkylation sites (tertiary alicyclic amines) is 1. The fourth-order valence-corrected chi connectivity index (χ4v) is 4.74. The van der Waals surface area contributed by atoms with E-state index in [1.165, 1.54) is 0 Å². The van der Waals surface area contributed by atoms with Crippen molar-refractivity contribution >= 4 is 22.9 Å². The lowest BCUT2D eigenvalue weighted by Crippen LogP contribution is -2.40. The molecule has 0 aliphatic carbocycles. The first-order valence-electron chi connectivity index (χ1n) is 12.0. The van der Waals surface area contributed by atoms with E-state index in [2.05, 4.69) is 28.0 Å². The number of methoxy groups -OCH3 is 1. The number of nitrogens with one attached hydrogen (secondary N) is 1. The van der Waals surface area contributed by atoms with Gasteiger partial charge in [-0.25, -0.2) is 9.78 Å². The molecule has 0 saturated carbocycles. The molecular formula is C28H31N5O2. The lowest BCUT2D eigenvalue weighted by molar-refractivity contribution is 0.193. The molecule has 180 valence electrons. The Hall–Kier alpha value is -4.00. The van der Waals surface area contributed by atoms with Crippen molar-refractivity contribution in [3.8, 4) is 17.0 Å². The summed E-state index contributed by atoms with van der Waals surface area (Å²) in [6.07, 6.45) is 3.82. The number of nitrogens with zero attached hydrogens (tertiary/aromatic N) is 4. The highest BCUT2D eigenvalue weighted by atomic mass is 16.5. The number of hydrogen-bond acceptors (Lipinski definition) is 4. The number of pyridine rings is 1. The van der Waals surface area contributed by atoms with Crippen molar-refractivity contribution in [2.24, 2.45) is 0 Å². The Kier molecular flexibility index (Phi) is 6.31. The normalized spacial score (nSPS) is 14.2. The molecule has 1 N–H and O–H groups in total. The van der Waals surface area contributed by atoms with Crippen LogP contribution in [0.4, 0.5) is 16.2 Å². The molecule has 0 bridgehead atoms. The van der Waals surface area contributed by atoms with Crippen LogP contribution in [0.2, 0.25) is 0 Å². The van der Waals surface area contributed by atoms with E-state index in [4.69, 9.17) is 9.72 Å². The van der Waals surface area contributed by atoms with Crippen molar-refractivity contribution in [3.05, 3.63) is 78.8 Å². The fourth-order valence-electron chi connectivity index (χ4n) is 4.74. The van der Waals surface area contributed by atoms with Gasteiger partial charge in [-0.2, -0.15) is 0 Å². The largest absolute Gasteiger partial charge is 0.497 e. The van der Waals surface area contributed by atoms with Gasteiger partial charge in [-0.1, -0.05) is 24.3 Å². The molecule has 0 radical (unpaired) electrons. The standard InChI is InChI=1S/C28H31N5O2/c1-31(2)23-10-7-9-22(19-23)29-28(34)32-16-13-20(14-17-32)27-30-26(25-12-4-5-15-33(25)27)21-8-6-11-24(18-21)35-3/h4-12,15,18-20H,13-14,16-17H2,1-3H3,(H,29,34). The maximum atomic E-state index is 12.9. The average Bonchev–Trinajstić information content (AvgIpc) is 3.29. The first kappa shape index (κ1) is 22.8. The van der Waals surface area contributed by atoms with Crippen LogP contribution >= 0.6 is 0 Å². The van der Waals surface area contributed by atoms with Crippen molar-refractivity contribution in [2.75, 3.05) is 44.5 Å². The molecule has 0 spiro atoms. The Labute approximate surface area is 206 Å². The summed E-state index contributed by atoms with van der Waals surface area (Å²) in [6, 6.07) is 22.1. The molecular weight excluding hydrogens is 438 g/mol. The zero-order valence-electron chi connectivity index (χ0n) is 20.4. The quantitative estimate of drug-likeness (QED) is 0.420. The van der Waals surface area contributed by atoms with Crippen molar-refractivity contribution in [3.63, 3.8) is 0 Å². The number of fused-ring (bicyclic) bond motifs is 1. The molecule has 5 rings (SSSR count). The summed E-state index contributed by atoms with van der Waals surface area (Å²) in [5, 5.41) is 3.06. The number of ether oxygens (including phenoxy) is 1. The number of imidazole rings is 1. The van der Waals surface area contributed by atoms with Gasteiger partial charge >= 0.3 is 6.03 Å². The minimum atomic E-state index is -0.0515. The van der Waals surface area contributed by atoms with Crippen molar-refractivity contribution in [2.45, 2.75) is 18.8 Å². The van der Waals surface area contributed by atoms with Gasteiger partial charge in [0.15, 0.2) is 0 Å². The molecule has 3 heterocycles. The Morgan fingerprint density at radius 2 is 1.83 bits per heavy atom. The van der Waals surface area contributed by atoms with Crippen LogP contribution in [-0.4, -0.2) is 54.6 Å². The van der Waals surface area contributed by atoms with Crippen LogP contribution in [0.5, 0.6) is 5.75 Å². The van der Waals surface area contributed by atoms with Crippen LogP contribution in [0.15, 0.2) is 72.9 Å². The molecule has 0 atom stereocenters. The number of benzene rings is 2. The molecule has 0 unspecified atom stereocenters. The molecule has 1 saturated heterocycles. The maximum Gasteiger partial charge on any atom is 0.321 e. The lowest BCUT2D eigenvalue weighted by atomic mass is 9.96. The van der Waals surface area contributed by atoms with Crippen LogP contribution in [-0.2, 0) is 0 Å². The fraction of sp³-hybridized carbons (Fsp3) is 0.286. The average molecular weight is 470 g/mol. The topological polar surface area (TPSA) is 62.1 Å². The van der Waals surface area contributed by atoms with E-state index in [0.717, 1.165) is 52.6 Å². The van der Waals surface area contributed by atoms with E-state index in [-0.39, 0.29) is 11.9 Å². The molecule has 1 aliphatic heterocycles. The molecule has 2 amide bonds. The first-order valence-corrected chi connectivity index (χ1v) is 12.0. The number of piperidine rings is 1. The van der Waals surface area contributed by atoms with Crippen LogP contribution < -0.4 is 15.0 Å². The zero-order chi connectivity index (χ0) is 24.4. The van der Waals surface area contributed by atoms with Gasteiger partial charge in [0.05, 0.1) is 18.3 Å². The minimum Gasteiger partial charge on any atom is -0.497 e. The molecule has 2 aromatic heterocycles. The van der Waals surface area contributed by atoms with Gasteiger partial charge in [0, 0.05) is 56.2 Å². The molecule has 2 aromatic carbocycles. The van der Waals surface area contributed by atoms with Crippen LogP contribution in [0.3, 0.4) is 0 Å². The SMILES string of the molecule is COc1cccc(-c2nc(C3CCN(C(=O)Nc4cccc(N(C)C)c4)CC3)n3ccccc23)c1. The van der Waals surface area contributed by atoms with E-state index in [0.29, 0.717) is 13.1 Å². The second-order valence-electron chi connectivity index (χ2n) is 9.14. The summed E-state index contributed by atoms with van der Waals surface area (Å²) in [4.78, 5) is 22.0. The van der Waals surface area contributed by atoms with E-state index in [1.807, 2.05) is 78.5 Å². The number of amides is 2. The summed E-state index contributed by atoms with van der Waals surface area (Å²) in [7, 11) is 5.66. The van der Waals surface area contributed by atoms with Crippen molar-refractivity contribution in [1.82, 2.24) is 14.3 Å². The lowest BCUT2D eigenvalue weighted by Gasteiger charge is -2.31. The second-order valence-corrected chi connectivity index (χ2v) is 9.14. The second kappa shape index (κ2) is 9.70. The Balaban J connectivity index is 1.32. The summed E-state index contributed by atoms with van der Waals surface area (Å²) >= 11 is 0. The zero-order valence-corrected chi connectivity index (χ0v) is 20.4. The first-order chi connectivity index (χ1) is 17.0. The number of rotatable bonds is 5. The highest BCUT2D eigenvalue weighted by Crippen LogP contribution is 2.34. The van der Waals surface area contributed by atoms with E-state index >= 15 is 0 Å². The molecule has 7 nitrogen and oxygen atoms in total. The minimum absolute atomic E-state index is 0.0515. The molecule has 4 aromatic rings. The predicted molar refractivity (Wildman–Crippen MR) is 141 cm³/mol. The van der Waals surface area contributed by atoms with Crippen LogP contribution in [0.25, 0.3) is 16.8 Å². The van der Waals surface area contributed by atoms with Crippen molar-refractivity contribution in [1.29, 1.82) is 0 Å². The van der Waals surface area contributed by atoms with Gasteiger partial charge in [-0.05, 0) is 55.3 Å². The highest BCUT2D eigenvalue weighted by molar-refractivity contribution is 5.90. The number of carbonyl (C=O) groups is 1. The summed E-state index contributed by atoms with van der Waals surface area (Å²) in [5.41, 5.74) is 4.94. The predicted octanol–water partition coefficient (Wildman–Crippen LogP) is 5.49. The number of aromatic nitrogens is 2. The van der Waals surface area contributed by atoms with E-state index in [1.54, 1.807) is 7.11 Å². The third-order valence-corrected chi connectivity index (χ3v) is 6.68. The Morgan fingerprint density at radius 3 is 2.60 bits per heavy atom. The molecule has 1 aliphatic rings.